The number of non-ortho nitro benzene ring substituents is 1. The molecule has 11 nitrogen and oxygen atoms in total. The van der Waals surface area contributed by atoms with Crippen LogP contribution in [0.25, 0.3) is 0 Å². The van der Waals surface area contributed by atoms with Crippen LogP contribution in [-0.2, 0) is 4.79 Å². The molecule has 0 saturated carbocycles. The molecular weight excluding hydrogens is 444 g/mol. The summed E-state index contributed by atoms with van der Waals surface area (Å²) in [7, 11) is 0. The average molecular weight is 464 g/mol. The molecule has 1 amide bonds. The standard InChI is InChI=1S/C23H20N4O7/c1-15-5-3-6-16(2)23(15)33-14-22(28)25-24-13-17-7-4-8-19(11-17)34-21-10-9-18(26(29)30)12-20(21)27(31)32/h3-13H,14H2,1-2H3,(H,25,28)/b24-13-. The van der Waals surface area contributed by atoms with E-state index in [4.69, 9.17) is 9.47 Å². The number of hydrogen-bond acceptors (Lipinski definition) is 8. The maximum absolute atomic E-state index is 12.0. The number of nitro benzene ring substituents is 2. The van der Waals surface area contributed by atoms with Crippen LogP contribution in [0, 0.1) is 34.1 Å². The predicted octanol–water partition coefficient (Wildman–Crippen LogP) is 4.44. The number of para-hydroxylation sites is 1. The summed E-state index contributed by atoms with van der Waals surface area (Å²) in [6.45, 7) is 3.56. The molecule has 0 unspecified atom stereocenters. The lowest BCUT2D eigenvalue weighted by atomic mass is 10.1. The van der Waals surface area contributed by atoms with E-state index in [-0.39, 0.29) is 18.1 Å². The van der Waals surface area contributed by atoms with Crippen LogP contribution in [0.15, 0.2) is 65.8 Å². The van der Waals surface area contributed by atoms with Crippen LogP contribution in [-0.4, -0.2) is 28.6 Å². The van der Waals surface area contributed by atoms with Crippen molar-refractivity contribution < 1.29 is 24.1 Å². The van der Waals surface area contributed by atoms with E-state index in [1.165, 1.54) is 12.3 Å². The Balaban J connectivity index is 1.63. The number of amides is 1. The molecule has 0 fully saturated rings. The van der Waals surface area contributed by atoms with Crippen molar-refractivity contribution in [2.24, 2.45) is 5.10 Å². The molecule has 34 heavy (non-hydrogen) atoms. The molecule has 3 aromatic rings. The molecular formula is C23H20N4O7. The third-order valence-electron chi connectivity index (χ3n) is 4.60. The second-order valence-corrected chi connectivity index (χ2v) is 7.14. The fraction of sp³-hybridized carbons (Fsp3) is 0.130. The van der Waals surface area contributed by atoms with Crippen LogP contribution in [0.4, 0.5) is 11.4 Å². The number of hydrogen-bond donors (Lipinski definition) is 1. The van der Waals surface area contributed by atoms with Crippen molar-refractivity contribution in [2.75, 3.05) is 6.61 Å². The molecule has 3 rings (SSSR count). The highest BCUT2D eigenvalue weighted by atomic mass is 16.6. The SMILES string of the molecule is Cc1cccc(C)c1OCC(=O)N/N=C\c1cccc(Oc2ccc([N+](=O)[O-])cc2[N+](=O)[O-])c1. The molecule has 0 aliphatic heterocycles. The Morgan fingerprint density at radius 3 is 2.38 bits per heavy atom. The van der Waals surface area contributed by atoms with Crippen LogP contribution in [0.3, 0.4) is 0 Å². The second-order valence-electron chi connectivity index (χ2n) is 7.14. The minimum atomic E-state index is -0.760. The Labute approximate surface area is 193 Å². The summed E-state index contributed by atoms with van der Waals surface area (Å²) in [5, 5.41) is 26.0. The highest BCUT2D eigenvalue weighted by Crippen LogP contribution is 2.34. The smallest absolute Gasteiger partial charge is 0.318 e. The number of carbonyl (C=O) groups is 1. The van der Waals surface area contributed by atoms with Crippen molar-refractivity contribution in [2.45, 2.75) is 13.8 Å². The summed E-state index contributed by atoms with van der Waals surface area (Å²) in [5.74, 6) is 0.284. The maximum atomic E-state index is 12.0. The molecule has 1 N–H and O–H groups in total. The van der Waals surface area contributed by atoms with Gasteiger partial charge in [-0.15, -0.1) is 0 Å². The van der Waals surface area contributed by atoms with Crippen LogP contribution in [0.2, 0.25) is 0 Å². The first-order chi connectivity index (χ1) is 16.2. The highest BCUT2D eigenvalue weighted by Gasteiger charge is 2.21. The van der Waals surface area contributed by atoms with Gasteiger partial charge in [0, 0.05) is 6.07 Å². The Morgan fingerprint density at radius 1 is 1.00 bits per heavy atom. The largest absolute Gasteiger partial charge is 0.483 e. The minimum Gasteiger partial charge on any atom is -0.483 e. The molecule has 0 aromatic heterocycles. The van der Waals surface area contributed by atoms with Gasteiger partial charge in [0.2, 0.25) is 5.75 Å². The third-order valence-corrected chi connectivity index (χ3v) is 4.60. The Kier molecular flexibility index (Phi) is 7.49. The summed E-state index contributed by atoms with van der Waals surface area (Å²) < 4.78 is 11.1. The number of carbonyl (C=O) groups excluding carboxylic acids is 1. The zero-order chi connectivity index (χ0) is 24.7. The van der Waals surface area contributed by atoms with Crippen molar-refractivity contribution in [3.63, 3.8) is 0 Å². The number of rotatable bonds is 9. The van der Waals surface area contributed by atoms with Gasteiger partial charge < -0.3 is 9.47 Å². The van der Waals surface area contributed by atoms with E-state index in [2.05, 4.69) is 10.5 Å². The fourth-order valence-corrected chi connectivity index (χ4v) is 3.01. The van der Waals surface area contributed by atoms with Gasteiger partial charge in [0.05, 0.1) is 22.1 Å². The summed E-state index contributed by atoms with van der Waals surface area (Å²) in [6, 6.07) is 15.2. The number of nitrogens with one attached hydrogen (secondary N) is 1. The van der Waals surface area contributed by atoms with Crippen LogP contribution in [0.5, 0.6) is 17.2 Å². The average Bonchev–Trinajstić information content (AvgIpc) is 2.79. The van der Waals surface area contributed by atoms with Crippen LogP contribution < -0.4 is 14.9 Å². The zero-order valence-electron chi connectivity index (χ0n) is 18.3. The lowest BCUT2D eigenvalue weighted by Crippen LogP contribution is -2.25. The number of aryl methyl sites for hydroxylation is 2. The van der Waals surface area contributed by atoms with Crippen molar-refractivity contribution in [1.29, 1.82) is 0 Å². The van der Waals surface area contributed by atoms with Crippen molar-refractivity contribution in [1.82, 2.24) is 5.43 Å². The highest BCUT2D eigenvalue weighted by molar-refractivity contribution is 5.83. The molecule has 0 aliphatic carbocycles. The predicted molar refractivity (Wildman–Crippen MR) is 123 cm³/mol. The lowest BCUT2D eigenvalue weighted by molar-refractivity contribution is -0.394. The van der Waals surface area contributed by atoms with E-state index >= 15 is 0 Å². The molecule has 0 radical (unpaired) electrons. The van der Waals surface area contributed by atoms with Crippen molar-refractivity contribution in [3.8, 4) is 17.2 Å². The number of hydrazone groups is 1. The number of nitro groups is 2. The molecule has 11 heteroatoms. The van der Waals surface area contributed by atoms with E-state index in [1.807, 2.05) is 32.0 Å². The first-order valence-corrected chi connectivity index (χ1v) is 9.96. The van der Waals surface area contributed by atoms with E-state index in [0.717, 1.165) is 29.3 Å². The van der Waals surface area contributed by atoms with E-state index in [0.29, 0.717) is 11.3 Å². The Hall–Kier alpha value is -4.80. The molecule has 0 saturated heterocycles. The quantitative estimate of drug-likeness (QED) is 0.280. The monoisotopic (exact) mass is 464 g/mol. The molecule has 0 heterocycles. The van der Waals surface area contributed by atoms with Gasteiger partial charge in [0.1, 0.15) is 11.5 Å². The van der Waals surface area contributed by atoms with E-state index < -0.39 is 27.1 Å². The Morgan fingerprint density at radius 2 is 1.71 bits per heavy atom. The third kappa shape index (κ3) is 6.13. The first-order valence-electron chi connectivity index (χ1n) is 9.96. The second kappa shape index (κ2) is 10.7. The van der Waals surface area contributed by atoms with E-state index in [9.17, 15) is 25.0 Å². The first kappa shape index (κ1) is 23.9. The molecule has 0 bridgehead atoms. The molecule has 0 aliphatic rings. The van der Waals surface area contributed by atoms with Gasteiger partial charge >= 0.3 is 5.69 Å². The normalized spacial score (nSPS) is 10.6. The molecule has 0 atom stereocenters. The fourth-order valence-electron chi connectivity index (χ4n) is 3.01. The molecule has 3 aromatic carbocycles. The lowest BCUT2D eigenvalue weighted by Gasteiger charge is -2.10. The number of nitrogens with zero attached hydrogens (tertiary/aromatic N) is 3. The number of ether oxygens (including phenoxy) is 2. The minimum absolute atomic E-state index is 0.151. The molecule has 0 spiro atoms. The summed E-state index contributed by atoms with van der Waals surface area (Å²) >= 11 is 0. The van der Waals surface area contributed by atoms with Gasteiger partial charge in [0.15, 0.2) is 6.61 Å². The topological polar surface area (TPSA) is 146 Å². The van der Waals surface area contributed by atoms with Gasteiger partial charge in [-0.3, -0.25) is 25.0 Å². The Bertz CT molecular complexity index is 1250. The molecule has 174 valence electrons. The van der Waals surface area contributed by atoms with Crippen molar-refractivity contribution in [3.05, 3.63) is 97.6 Å². The summed E-state index contributed by atoms with van der Waals surface area (Å²) in [6.07, 6.45) is 1.37. The number of benzene rings is 3. The summed E-state index contributed by atoms with van der Waals surface area (Å²) in [4.78, 5) is 32.7. The van der Waals surface area contributed by atoms with E-state index in [1.54, 1.807) is 18.2 Å². The van der Waals surface area contributed by atoms with Crippen LogP contribution >= 0.6 is 0 Å². The van der Waals surface area contributed by atoms with Gasteiger partial charge in [-0.1, -0.05) is 30.3 Å². The van der Waals surface area contributed by atoms with Gasteiger partial charge in [-0.05, 0) is 48.7 Å². The van der Waals surface area contributed by atoms with Gasteiger partial charge in [-0.2, -0.15) is 5.10 Å². The van der Waals surface area contributed by atoms with Crippen LogP contribution in [0.1, 0.15) is 16.7 Å². The van der Waals surface area contributed by atoms with Gasteiger partial charge in [0.25, 0.3) is 11.6 Å². The van der Waals surface area contributed by atoms with Gasteiger partial charge in [-0.25, -0.2) is 5.43 Å². The summed E-state index contributed by atoms with van der Waals surface area (Å²) in [5.41, 5.74) is 3.78. The maximum Gasteiger partial charge on any atom is 0.318 e. The zero-order valence-corrected chi connectivity index (χ0v) is 18.3. The van der Waals surface area contributed by atoms with Crippen molar-refractivity contribution >= 4 is 23.5 Å².